The Hall–Kier alpha value is -1.91. The van der Waals surface area contributed by atoms with Gasteiger partial charge in [-0.15, -0.1) is 0 Å². The zero-order chi connectivity index (χ0) is 12.3. The lowest BCUT2D eigenvalue weighted by Gasteiger charge is -2.08. The van der Waals surface area contributed by atoms with E-state index in [0.29, 0.717) is 11.1 Å². The number of benzene rings is 1. The van der Waals surface area contributed by atoms with Gasteiger partial charge in [-0.05, 0) is 29.7 Å². The first-order valence-corrected chi connectivity index (χ1v) is 4.61. The zero-order valence-corrected chi connectivity index (χ0v) is 8.66. The number of carboxylic acids is 2. The minimum atomic E-state index is -1.12. The van der Waals surface area contributed by atoms with E-state index in [1.54, 1.807) is 0 Å². The third-order valence-corrected chi connectivity index (χ3v) is 2.16. The van der Waals surface area contributed by atoms with Gasteiger partial charge >= 0.3 is 11.9 Å². The normalized spacial score (nSPS) is 10.1. The van der Waals surface area contributed by atoms with Crippen LogP contribution >= 0.6 is 0 Å². The summed E-state index contributed by atoms with van der Waals surface area (Å²) in [5, 5.41) is 17.3. The molecule has 1 aromatic rings. The number of hydrogen-bond acceptors (Lipinski definition) is 2. The molecule has 2 N–H and O–H groups in total. The van der Waals surface area contributed by atoms with Gasteiger partial charge in [0.15, 0.2) is 0 Å². The fraction of sp³-hybridized carbons (Fsp3) is 0.273. The first-order valence-electron chi connectivity index (χ1n) is 4.61. The molecule has 0 saturated carbocycles. The minimum Gasteiger partial charge on any atom is -0.481 e. The van der Waals surface area contributed by atoms with Crippen LogP contribution in [-0.4, -0.2) is 22.2 Å². The second-order valence-electron chi connectivity index (χ2n) is 3.51. The van der Waals surface area contributed by atoms with Crippen molar-refractivity contribution >= 4 is 11.9 Å². The Morgan fingerprint density at radius 1 is 1.12 bits per heavy atom. The lowest BCUT2D eigenvalue weighted by molar-refractivity contribution is -0.137. The van der Waals surface area contributed by atoms with E-state index in [2.05, 4.69) is 0 Å². The lowest BCUT2D eigenvalue weighted by Crippen LogP contribution is -2.09. The van der Waals surface area contributed by atoms with Gasteiger partial charge in [0.2, 0.25) is 0 Å². The third-order valence-electron chi connectivity index (χ3n) is 2.16. The number of rotatable bonds is 4. The van der Waals surface area contributed by atoms with Crippen molar-refractivity contribution < 1.29 is 24.2 Å². The van der Waals surface area contributed by atoms with Gasteiger partial charge in [-0.2, -0.15) is 0 Å². The summed E-state index contributed by atoms with van der Waals surface area (Å²) in [4.78, 5) is 21.1. The molecule has 0 aliphatic carbocycles. The highest BCUT2D eigenvalue weighted by atomic mass is 19.1. The van der Waals surface area contributed by atoms with Crippen molar-refractivity contribution in [3.05, 3.63) is 34.6 Å². The van der Waals surface area contributed by atoms with E-state index in [4.69, 9.17) is 10.2 Å². The van der Waals surface area contributed by atoms with Crippen LogP contribution in [0.5, 0.6) is 0 Å². The van der Waals surface area contributed by atoms with E-state index in [9.17, 15) is 14.0 Å². The summed E-state index contributed by atoms with van der Waals surface area (Å²) in [6, 6.07) is 2.46. The molecular weight excluding hydrogens is 215 g/mol. The van der Waals surface area contributed by atoms with E-state index in [1.165, 1.54) is 13.0 Å². The molecule has 0 spiro atoms. The largest absolute Gasteiger partial charge is 0.481 e. The summed E-state index contributed by atoms with van der Waals surface area (Å²) in [7, 11) is 0. The number of hydrogen-bond donors (Lipinski definition) is 2. The van der Waals surface area contributed by atoms with Crippen LogP contribution < -0.4 is 0 Å². The van der Waals surface area contributed by atoms with Crippen LogP contribution in [0.4, 0.5) is 4.39 Å². The van der Waals surface area contributed by atoms with Crippen molar-refractivity contribution in [1.82, 2.24) is 0 Å². The van der Waals surface area contributed by atoms with Crippen LogP contribution in [0.25, 0.3) is 0 Å². The maximum atomic E-state index is 13.2. The van der Waals surface area contributed by atoms with Gasteiger partial charge < -0.3 is 10.2 Å². The van der Waals surface area contributed by atoms with Crippen LogP contribution in [0.2, 0.25) is 0 Å². The number of carbonyl (C=O) groups is 2. The Bertz CT molecular complexity index is 399. The maximum absolute atomic E-state index is 13.2. The number of aryl methyl sites for hydroxylation is 1. The van der Waals surface area contributed by atoms with E-state index >= 15 is 0 Å². The van der Waals surface area contributed by atoms with E-state index < -0.39 is 17.8 Å². The van der Waals surface area contributed by atoms with Crippen molar-refractivity contribution in [1.29, 1.82) is 0 Å². The highest BCUT2D eigenvalue weighted by Crippen LogP contribution is 2.17. The fourth-order valence-electron chi connectivity index (χ4n) is 1.44. The third kappa shape index (κ3) is 3.05. The molecular formula is C11H11FO4. The van der Waals surface area contributed by atoms with Crippen molar-refractivity contribution in [3.63, 3.8) is 0 Å². The summed E-state index contributed by atoms with van der Waals surface area (Å²) >= 11 is 0. The summed E-state index contributed by atoms with van der Waals surface area (Å²) in [6.07, 6.45) is -0.677. The van der Waals surface area contributed by atoms with Gasteiger partial charge in [0.05, 0.1) is 12.8 Å². The zero-order valence-electron chi connectivity index (χ0n) is 8.66. The molecule has 16 heavy (non-hydrogen) atoms. The molecule has 86 valence electrons. The molecule has 0 atom stereocenters. The molecule has 0 amide bonds. The quantitative estimate of drug-likeness (QED) is 0.813. The molecule has 5 heteroatoms. The molecule has 0 bridgehead atoms. The van der Waals surface area contributed by atoms with Gasteiger partial charge in [0.1, 0.15) is 5.82 Å². The molecule has 0 aliphatic rings. The Labute approximate surface area is 91.3 Å². The van der Waals surface area contributed by atoms with Crippen LogP contribution in [0.1, 0.15) is 16.7 Å². The lowest BCUT2D eigenvalue weighted by atomic mass is 9.99. The molecule has 0 radical (unpaired) electrons. The van der Waals surface area contributed by atoms with Crippen LogP contribution in [-0.2, 0) is 22.4 Å². The fourth-order valence-corrected chi connectivity index (χ4v) is 1.44. The summed E-state index contributed by atoms with van der Waals surface area (Å²) in [6.45, 7) is 1.51. The first-order chi connectivity index (χ1) is 7.40. The van der Waals surface area contributed by atoms with E-state index in [-0.39, 0.29) is 18.4 Å². The minimum absolute atomic E-state index is 0.206. The summed E-state index contributed by atoms with van der Waals surface area (Å²) < 4.78 is 13.2. The number of halogens is 1. The average molecular weight is 226 g/mol. The molecule has 0 aromatic heterocycles. The molecule has 0 saturated heterocycles. The SMILES string of the molecule is Cc1cc(CC(=O)O)c(CC(=O)O)cc1F. The average Bonchev–Trinajstić information content (AvgIpc) is 2.11. The summed E-state index contributed by atoms with van der Waals surface area (Å²) in [5.41, 5.74) is 0.859. The Kier molecular flexibility index (Phi) is 3.60. The van der Waals surface area contributed by atoms with Crippen molar-refractivity contribution in [2.45, 2.75) is 19.8 Å². The maximum Gasteiger partial charge on any atom is 0.307 e. The second-order valence-corrected chi connectivity index (χ2v) is 3.51. The van der Waals surface area contributed by atoms with Crippen molar-refractivity contribution in [2.24, 2.45) is 0 Å². The van der Waals surface area contributed by atoms with Gasteiger partial charge in [0, 0.05) is 0 Å². The van der Waals surface area contributed by atoms with Crippen molar-refractivity contribution in [2.75, 3.05) is 0 Å². The molecule has 0 aliphatic heterocycles. The highest BCUT2D eigenvalue weighted by molar-refractivity contribution is 5.74. The van der Waals surface area contributed by atoms with Crippen LogP contribution in [0.3, 0.4) is 0 Å². The molecule has 0 heterocycles. The van der Waals surface area contributed by atoms with Gasteiger partial charge in [-0.25, -0.2) is 4.39 Å². The second kappa shape index (κ2) is 4.74. The molecule has 4 nitrogen and oxygen atoms in total. The van der Waals surface area contributed by atoms with Gasteiger partial charge in [-0.1, -0.05) is 6.07 Å². The number of carboxylic acid groups (broad SMARTS) is 2. The topological polar surface area (TPSA) is 74.6 Å². The molecule has 1 aromatic carbocycles. The molecule has 1 rings (SSSR count). The predicted molar refractivity (Wildman–Crippen MR) is 53.8 cm³/mol. The predicted octanol–water partition coefficient (Wildman–Crippen LogP) is 1.39. The number of aliphatic carboxylic acids is 2. The highest BCUT2D eigenvalue weighted by Gasteiger charge is 2.12. The molecule has 0 fully saturated rings. The standard InChI is InChI=1S/C11H11FO4/c1-6-2-7(4-10(13)14)8(3-9(6)12)5-11(15)16/h2-3H,4-5H2,1H3,(H,13,14)(H,15,16). The monoisotopic (exact) mass is 226 g/mol. The van der Waals surface area contributed by atoms with Crippen molar-refractivity contribution in [3.8, 4) is 0 Å². The van der Waals surface area contributed by atoms with Gasteiger partial charge in [-0.3, -0.25) is 9.59 Å². The van der Waals surface area contributed by atoms with Crippen LogP contribution in [0, 0.1) is 12.7 Å². The smallest absolute Gasteiger partial charge is 0.307 e. The van der Waals surface area contributed by atoms with Gasteiger partial charge in [0.25, 0.3) is 0 Å². The Balaban J connectivity index is 3.15. The first kappa shape index (κ1) is 12.2. The molecule has 0 unspecified atom stereocenters. The van der Waals surface area contributed by atoms with E-state index in [0.717, 1.165) is 6.07 Å². The Morgan fingerprint density at radius 3 is 2.00 bits per heavy atom. The van der Waals surface area contributed by atoms with E-state index in [1.807, 2.05) is 0 Å². The Morgan fingerprint density at radius 2 is 1.56 bits per heavy atom. The summed E-state index contributed by atoms with van der Waals surface area (Å²) in [5.74, 6) is -2.71. The van der Waals surface area contributed by atoms with Crippen LogP contribution in [0.15, 0.2) is 12.1 Å².